The summed E-state index contributed by atoms with van der Waals surface area (Å²) in [6.07, 6.45) is 0.765. The van der Waals surface area contributed by atoms with Gasteiger partial charge in [0, 0.05) is 25.6 Å². The van der Waals surface area contributed by atoms with Crippen LogP contribution in [-0.4, -0.2) is 59.4 Å². The van der Waals surface area contributed by atoms with Crippen molar-refractivity contribution < 1.29 is 24.1 Å². The number of hydrogen-bond donors (Lipinski definition) is 1. The second kappa shape index (κ2) is 10.6. The number of nitrogens with zero attached hydrogens (tertiary/aromatic N) is 3. The highest BCUT2D eigenvalue weighted by atomic mass is 16.5. The molecule has 1 N–H and O–H groups in total. The normalized spacial score (nSPS) is 15.3. The first-order chi connectivity index (χ1) is 17.0. The van der Waals surface area contributed by atoms with E-state index >= 15 is 0 Å². The number of rotatable bonds is 8. The molecule has 1 aliphatic heterocycles. The molecule has 1 aliphatic rings. The maximum absolute atomic E-state index is 13.8. The first-order valence-electron chi connectivity index (χ1n) is 11.5. The number of hydrogen-bond acceptors (Lipinski definition) is 7. The topological polar surface area (TPSA) is 103 Å². The van der Waals surface area contributed by atoms with Crippen LogP contribution in [0.15, 0.2) is 53.3 Å². The zero-order valence-electron chi connectivity index (χ0n) is 20.1. The Morgan fingerprint density at radius 3 is 2.40 bits per heavy atom. The van der Waals surface area contributed by atoms with Gasteiger partial charge in [-0.05, 0) is 31.0 Å². The van der Waals surface area contributed by atoms with Gasteiger partial charge in [-0.15, -0.1) is 0 Å². The van der Waals surface area contributed by atoms with Gasteiger partial charge >= 0.3 is 0 Å². The lowest BCUT2D eigenvalue weighted by Gasteiger charge is -2.21. The number of aromatic hydroxyl groups is 1. The van der Waals surface area contributed by atoms with Gasteiger partial charge in [0.1, 0.15) is 29.6 Å². The summed E-state index contributed by atoms with van der Waals surface area (Å²) in [6, 6.07) is 15.0. The average Bonchev–Trinajstić information content (AvgIpc) is 3.38. The van der Waals surface area contributed by atoms with Crippen LogP contribution >= 0.6 is 0 Å². The van der Waals surface area contributed by atoms with Gasteiger partial charge in [-0.3, -0.25) is 14.2 Å². The van der Waals surface area contributed by atoms with Gasteiger partial charge in [0.15, 0.2) is 5.56 Å². The molecule has 0 spiro atoms. The molecule has 0 radical (unpaired) electrons. The monoisotopic (exact) mass is 479 g/mol. The van der Waals surface area contributed by atoms with Crippen LogP contribution < -0.4 is 15.0 Å². The van der Waals surface area contributed by atoms with E-state index < -0.39 is 22.9 Å². The minimum atomic E-state index is -0.719. The zero-order chi connectivity index (χ0) is 24.9. The van der Waals surface area contributed by atoms with Gasteiger partial charge in [-0.2, -0.15) is 4.98 Å². The molecule has 35 heavy (non-hydrogen) atoms. The van der Waals surface area contributed by atoms with Crippen molar-refractivity contribution in [3.05, 3.63) is 75.8 Å². The van der Waals surface area contributed by atoms with Gasteiger partial charge in [-0.25, -0.2) is 0 Å². The Hall–Kier alpha value is -3.85. The van der Waals surface area contributed by atoms with E-state index in [-0.39, 0.29) is 24.0 Å². The van der Waals surface area contributed by atoms with Crippen LogP contribution in [0.2, 0.25) is 0 Å². The number of benzene rings is 2. The maximum atomic E-state index is 13.8. The van der Waals surface area contributed by atoms with Crippen LogP contribution in [0.5, 0.6) is 17.4 Å². The molecule has 1 saturated heterocycles. The highest BCUT2D eigenvalue weighted by molar-refractivity contribution is 5.96. The van der Waals surface area contributed by atoms with E-state index in [2.05, 4.69) is 4.98 Å². The molecule has 1 aromatic heterocycles. The predicted molar refractivity (Wildman–Crippen MR) is 130 cm³/mol. The van der Waals surface area contributed by atoms with Gasteiger partial charge < -0.3 is 24.2 Å². The van der Waals surface area contributed by atoms with E-state index in [4.69, 9.17) is 14.2 Å². The molecule has 1 amide bonds. The van der Waals surface area contributed by atoms with Gasteiger partial charge in [0.2, 0.25) is 5.88 Å². The molecule has 2 aromatic carbocycles. The Kier molecular flexibility index (Phi) is 7.36. The zero-order valence-corrected chi connectivity index (χ0v) is 20.1. The fraction of sp³-hybridized carbons (Fsp3) is 0.346. The quantitative estimate of drug-likeness (QED) is 0.529. The van der Waals surface area contributed by atoms with E-state index in [9.17, 15) is 14.7 Å². The van der Waals surface area contributed by atoms with Crippen molar-refractivity contribution in [2.45, 2.75) is 25.9 Å². The highest BCUT2D eigenvalue weighted by Crippen LogP contribution is 2.33. The number of carbonyl (C=O) groups is 1. The third-order valence-corrected chi connectivity index (χ3v) is 6.15. The fourth-order valence-electron chi connectivity index (χ4n) is 4.41. The van der Waals surface area contributed by atoms with E-state index in [0.717, 1.165) is 12.0 Å². The number of carbonyl (C=O) groups excluding carboxylic acids is 1. The number of methoxy groups -OCH3 is 2. The van der Waals surface area contributed by atoms with Crippen molar-refractivity contribution >= 4 is 5.91 Å². The van der Waals surface area contributed by atoms with Crippen LogP contribution in [0.1, 0.15) is 41.0 Å². The van der Waals surface area contributed by atoms with Gasteiger partial charge in [0.05, 0.1) is 14.2 Å². The molecular formula is C26H29N3O6. The SMILES string of the molecule is CCOCc1nc(O)c(C(=O)N2CCC(c3ccccc3)C2)c(=O)n1-c1c(OC)cccc1OC. The molecule has 2 heterocycles. The summed E-state index contributed by atoms with van der Waals surface area (Å²) in [4.78, 5) is 33.1. The molecule has 9 heteroatoms. The first-order valence-corrected chi connectivity index (χ1v) is 11.5. The molecule has 3 aromatic rings. The Morgan fingerprint density at radius 2 is 1.77 bits per heavy atom. The summed E-state index contributed by atoms with van der Waals surface area (Å²) in [5, 5.41) is 10.7. The summed E-state index contributed by atoms with van der Waals surface area (Å²) >= 11 is 0. The predicted octanol–water partition coefficient (Wildman–Crippen LogP) is 3.12. The van der Waals surface area contributed by atoms with Crippen molar-refractivity contribution in [3.8, 4) is 23.1 Å². The number of para-hydroxylation sites is 1. The number of likely N-dealkylation sites (tertiary alicyclic amines) is 1. The Balaban J connectivity index is 1.80. The average molecular weight is 480 g/mol. The summed E-state index contributed by atoms with van der Waals surface area (Å²) in [7, 11) is 2.94. The molecule has 1 atom stereocenters. The molecule has 4 rings (SSSR count). The molecular weight excluding hydrogens is 450 g/mol. The Labute approximate surface area is 203 Å². The summed E-state index contributed by atoms with van der Waals surface area (Å²) in [5.74, 6) is -0.214. The molecule has 0 bridgehead atoms. The van der Waals surface area contributed by atoms with Crippen molar-refractivity contribution in [2.24, 2.45) is 0 Å². The molecule has 0 saturated carbocycles. The molecule has 1 fully saturated rings. The summed E-state index contributed by atoms with van der Waals surface area (Å²) < 4.78 is 17.7. The lowest BCUT2D eigenvalue weighted by molar-refractivity contribution is 0.0783. The van der Waals surface area contributed by atoms with Gasteiger partial charge in [-0.1, -0.05) is 36.4 Å². The largest absolute Gasteiger partial charge is 0.494 e. The van der Waals surface area contributed by atoms with Crippen LogP contribution in [-0.2, 0) is 11.3 Å². The van der Waals surface area contributed by atoms with E-state index in [1.165, 1.54) is 18.8 Å². The minimum absolute atomic E-state index is 0.0607. The molecule has 184 valence electrons. The highest BCUT2D eigenvalue weighted by Gasteiger charge is 2.33. The van der Waals surface area contributed by atoms with E-state index in [1.807, 2.05) is 30.3 Å². The van der Waals surface area contributed by atoms with Crippen molar-refractivity contribution in [3.63, 3.8) is 0 Å². The summed E-state index contributed by atoms with van der Waals surface area (Å²) in [6.45, 7) is 3.03. The lowest BCUT2D eigenvalue weighted by atomic mass is 9.99. The number of aromatic nitrogens is 2. The third kappa shape index (κ3) is 4.72. The standard InChI is InChI=1S/C26H29N3O6/c1-4-35-16-21-27-24(30)22(25(31)28-14-13-18(15-28)17-9-6-5-7-10-17)26(32)29(21)23-19(33-2)11-8-12-20(23)34-3/h5-12,18,30H,4,13-16H2,1-3H3. The van der Waals surface area contributed by atoms with E-state index in [0.29, 0.717) is 31.2 Å². The van der Waals surface area contributed by atoms with Crippen molar-refractivity contribution in [1.29, 1.82) is 0 Å². The van der Waals surface area contributed by atoms with E-state index in [1.54, 1.807) is 30.0 Å². The smallest absolute Gasteiger partial charge is 0.275 e. The third-order valence-electron chi connectivity index (χ3n) is 6.15. The Bertz CT molecular complexity index is 1240. The first kappa shape index (κ1) is 24.3. The fourth-order valence-corrected chi connectivity index (χ4v) is 4.41. The second-order valence-corrected chi connectivity index (χ2v) is 8.16. The maximum Gasteiger partial charge on any atom is 0.275 e. The minimum Gasteiger partial charge on any atom is -0.494 e. The molecule has 0 aliphatic carbocycles. The van der Waals surface area contributed by atoms with Crippen LogP contribution in [0.4, 0.5) is 0 Å². The molecule has 9 nitrogen and oxygen atoms in total. The lowest BCUT2D eigenvalue weighted by Crippen LogP contribution is -2.37. The second-order valence-electron chi connectivity index (χ2n) is 8.16. The number of amides is 1. The van der Waals surface area contributed by atoms with Gasteiger partial charge in [0.25, 0.3) is 11.5 Å². The van der Waals surface area contributed by atoms with Crippen LogP contribution in [0, 0.1) is 0 Å². The van der Waals surface area contributed by atoms with Crippen molar-refractivity contribution in [2.75, 3.05) is 33.9 Å². The van der Waals surface area contributed by atoms with Crippen LogP contribution in [0.3, 0.4) is 0 Å². The molecule has 1 unspecified atom stereocenters. The van der Waals surface area contributed by atoms with Crippen molar-refractivity contribution in [1.82, 2.24) is 14.5 Å². The van der Waals surface area contributed by atoms with Crippen LogP contribution in [0.25, 0.3) is 5.69 Å². The summed E-state index contributed by atoms with van der Waals surface area (Å²) in [5.41, 5.74) is 0.297. The Morgan fingerprint density at radius 1 is 1.09 bits per heavy atom. The number of ether oxygens (including phenoxy) is 3.